The molecule has 1 unspecified atom stereocenters. The highest BCUT2D eigenvalue weighted by Crippen LogP contribution is 2.64. The first-order valence-electron chi connectivity index (χ1n) is 13.2. The van der Waals surface area contributed by atoms with Crippen molar-refractivity contribution in [3.05, 3.63) is 94.9 Å². The van der Waals surface area contributed by atoms with E-state index in [9.17, 15) is 9.90 Å². The normalized spacial score (nSPS) is 20.7. The van der Waals surface area contributed by atoms with Crippen molar-refractivity contribution >= 4 is 67.4 Å². The molecule has 3 aliphatic rings. The van der Waals surface area contributed by atoms with Gasteiger partial charge in [0.25, 0.3) is 0 Å². The maximum absolute atomic E-state index is 13.9. The predicted octanol–water partition coefficient (Wildman–Crippen LogP) is 8.26. The predicted molar refractivity (Wildman–Crippen MR) is 168 cm³/mol. The van der Waals surface area contributed by atoms with Crippen LogP contribution in [0.5, 0.6) is 0 Å². The van der Waals surface area contributed by atoms with E-state index >= 15 is 0 Å². The second kappa shape index (κ2) is 10.1. The van der Waals surface area contributed by atoms with Gasteiger partial charge in [0, 0.05) is 35.4 Å². The Morgan fingerprint density at radius 2 is 1.44 bits per heavy atom. The van der Waals surface area contributed by atoms with E-state index in [0.29, 0.717) is 0 Å². The van der Waals surface area contributed by atoms with Crippen LogP contribution in [0.3, 0.4) is 0 Å². The summed E-state index contributed by atoms with van der Waals surface area (Å²) in [5.41, 5.74) is 1.57. The average molecular weight is 570 g/mol. The number of rotatable bonds is 5. The molecule has 39 heavy (non-hydrogen) atoms. The first-order valence-corrected chi connectivity index (χ1v) is 15.3. The molecule has 1 N–H and O–H groups in total. The Labute approximate surface area is 243 Å². The van der Waals surface area contributed by atoms with Gasteiger partial charge in [-0.1, -0.05) is 116 Å². The summed E-state index contributed by atoms with van der Waals surface area (Å²) in [7, 11) is 3.92. The Morgan fingerprint density at radius 1 is 0.897 bits per heavy atom. The van der Waals surface area contributed by atoms with Gasteiger partial charge in [0.15, 0.2) is 5.78 Å². The molecular formula is C33H31NO2S3. The maximum atomic E-state index is 13.9. The zero-order chi connectivity index (χ0) is 27.5. The number of carbonyl (C=O) groups excluding carboxylic acids is 1. The number of allylic oxidation sites excluding steroid dienone is 1. The molecule has 0 saturated heterocycles. The van der Waals surface area contributed by atoms with E-state index in [0.717, 1.165) is 58.1 Å². The number of hydrogen-bond acceptors (Lipinski definition) is 5. The summed E-state index contributed by atoms with van der Waals surface area (Å²) < 4.78 is 0.781. The fourth-order valence-corrected chi connectivity index (χ4v) is 8.57. The van der Waals surface area contributed by atoms with Crippen LogP contribution in [-0.2, 0) is 4.79 Å². The van der Waals surface area contributed by atoms with Crippen LogP contribution in [0.4, 0.5) is 0 Å². The third kappa shape index (κ3) is 4.33. The van der Waals surface area contributed by atoms with E-state index in [1.807, 2.05) is 73.6 Å². The lowest BCUT2D eigenvalue weighted by Gasteiger charge is -2.57. The number of carbonyl (C=O) groups is 1. The van der Waals surface area contributed by atoms with Crippen LogP contribution < -0.4 is 0 Å². The molecule has 7 rings (SSSR count). The molecule has 0 spiro atoms. The molecule has 4 aromatic carbocycles. The van der Waals surface area contributed by atoms with Crippen LogP contribution in [0.15, 0.2) is 99.1 Å². The minimum Gasteiger partial charge on any atom is -0.384 e. The zero-order valence-electron chi connectivity index (χ0n) is 22.5. The SMILES string of the molecule is CN(C)C(=S)Sc1c2ccccc2c(C(O)C2=C(Sc3ccccc3)C(=O)[C@H]3C[C@@H]2C3(C)C)c2ccccc12. The van der Waals surface area contributed by atoms with Crippen LogP contribution in [0.2, 0.25) is 0 Å². The van der Waals surface area contributed by atoms with E-state index in [4.69, 9.17) is 12.2 Å². The number of Topliss-reactive ketones (excluding diaryl/α,β-unsaturated/α-hetero) is 1. The van der Waals surface area contributed by atoms with E-state index in [2.05, 4.69) is 38.1 Å². The highest BCUT2D eigenvalue weighted by Gasteiger charge is 2.59. The number of nitrogens with zero attached hydrogens (tertiary/aromatic N) is 1. The molecule has 0 aromatic heterocycles. The number of benzene rings is 4. The Bertz CT molecular complexity index is 1600. The lowest BCUT2D eigenvalue weighted by molar-refractivity contribution is -0.135. The summed E-state index contributed by atoms with van der Waals surface area (Å²) >= 11 is 8.79. The molecule has 2 bridgehead atoms. The molecule has 4 aromatic rings. The quantitative estimate of drug-likeness (QED) is 0.148. The van der Waals surface area contributed by atoms with Crippen molar-refractivity contribution in [3.8, 4) is 0 Å². The van der Waals surface area contributed by atoms with Gasteiger partial charge < -0.3 is 10.0 Å². The number of hydrogen-bond donors (Lipinski definition) is 1. The largest absolute Gasteiger partial charge is 0.384 e. The van der Waals surface area contributed by atoms with E-state index < -0.39 is 6.10 Å². The van der Waals surface area contributed by atoms with Crippen LogP contribution in [-0.4, -0.2) is 34.2 Å². The molecule has 0 radical (unpaired) electrons. The van der Waals surface area contributed by atoms with Crippen molar-refractivity contribution in [2.24, 2.45) is 17.3 Å². The molecule has 3 atom stereocenters. The molecule has 3 nitrogen and oxygen atoms in total. The lowest BCUT2D eigenvalue weighted by atomic mass is 9.47. The number of fused-ring (bicyclic) bond motifs is 3. The number of thioether (sulfide) groups is 2. The van der Waals surface area contributed by atoms with Gasteiger partial charge in [-0.3, -0.25) is 4.79 Å². The monoisotopic (exact) mass is 569 g/mol. The van der Waals surface area contributed by atoms with Crippen LogP contribution in [0.1, 0.15) is 31.9 Å². The molecular weight excluding hydrogens is 539 g/mol. The van der Waals surface area contributed by atoms with Gasteiger partial charge in [-0.05, 0) is 57.0 Å². The third-order valence-electron chi connectivity index (χ3n) is 8.45. The van der Waals surface area contributed by atoms with Crippen molar-refractivity contribution in [1.29, 1.82) is 0 Å². The Morgan fingerprint density at radius 3 is 1.97 bits per heavy atom. The van der Waals surface area contributed by atoms with Gasteiger partial charge in [0.1, 0.15) is 10.4 Å². The summed E-state index contributed by atoms with van der Waals surface area (Å²) in [4.78, 5) is 18.7. The summed E-state index contributed by atoms with van der Waals surface area (Å²) in [6, 6.07) is 26.6. The molecule has 1 saturated carbocycles. The van der Waals surface area contributed by atoms with Crippen molar-refractivity contribution in [2.75, 3.05) is 14.1 Å². The summed E-state index contributed by atoms with van der Waals surface area (Å²) in [6.07, 6.45) is -0.0989. The first-order chi connectivity index (χ1) is 18.7. The highest BCUT2D eigenvalue weighted by molar-refractivity contribution is 8.23. The smallest absolute Gasteiger partial charge is 0.173 e. The fourth-order valence-electron chi connectivity index (χ4n) is 6.25. The fraction of sp³-hybridized carbons (Fsp3) is 0.273. The molecule has 1 fully saturated rings. The van der Waals surface area contributed by atoms with E-state index in [1.165, 1.54) is 11.8 Å². The second-order valence-electron chi connectivity index (χ2n) is 11.2. The van der Waals surface area contributed by atoms with Crippen molar-refractivity contribution in [2.45, 2.75) is 36.2 Å². The van der Waals surface area contributed by atoms with Crippen LogP contribution >= 0.6 is 35.7 Å². The highest BCUT2D eigenvalue weighted by atomic mass is 32.2. The molecule has 0 amide bonds. The van der Waals surface area contributed by atoms with Gasteiger partial charge in [-0.2, -0.15) is 0 Å². The van der Waals surface area contributed by atoms with Crippen LogP contribution in [0, 0.1) is 17.3 Å². The molecule has 0 aliphatic heterocycles. The Balaban J connectivity index is 1.60. The number of thiocarbonyl (C=S) groups is 1. The van der Waals surface area contributed by atoms with Gasteiger partial charge in [0.2, 0.25) is 0 Å². The Kier molecular flexibility index (Phi) is 6.87. The van der Waals surface area contributed by atoms with Crippen molar-refractivity contribution in [3.63, 3.8) is 0 Å². The topological polar surface area (TPSA) is 40.5 Å². The molecule has 3 aliphatic carbocycles. The van der Waals surface area contributed by atoms with E-state index in [1.54, 1.807) is 11.8 Å². The van der Waals surface area contributed by atoms with Crippen molar-refractivity contribution < 1.29 is 9.90 Å². The Hall–Kier alpha value is -2.64. The van der Waals surface area contributed by atoms with Crippen molar-refractivity contribution in [1.82, 2.24) is 4.90 Å². The average Bonchev–Trinajstić information content (AvgIpc) is 2.93. The van der Waals surface area contributed by atoms with Gasteiger partial charge in [0.05, 0.1) is 4.91 Å². The third-order valence-corrected chi connectivity index (χ3v) is 11.4. The number of aliphatic hydroxyl groups excluding tert-OH is 1. The second-order valence-corrected chi connectivity index (χ2v) is 14.0. The van der Waals surface area contributed by atoms with Gasteiger partial charge in [-0.25, -0.2) is 0 Å². The lowest BCUT2D eigenvalue weighted by Crippen LogP contribution is -2.54. The number of aliphatic hydroxyl groups is 1. The standard InChI is InChI=1S/C33H31NO2S3/c1-33(2)24-18-25(33)28(35)31(38-19-12-6-5-7-13-19)27(24)29(36)26-20-14-8-10-16-22(20)30(39-32(37)34(3)4)23-17-11-9-15-21(23)26/h5-17,24-25,29,36H,18H2,1-4H3/t24-,25+,29?/m0/s1. The minimum absolute atomic E-state index is 0.00368. The molecule has 6 heteroatoms. The van der Waals surface area contributed by atoms with Crippen LogP contribution in [0.25, 0.3) is 21.5 Å². The van der Waals surface area contributed by atoms with E-state index in [-0.39, 0.29) is 23.0 Å². The molecule has 0 heterocycles. The first kappa shape index (κ1) is 26.6. The summed E-state index contributed by atoms with van der Waals surface area (Å²) in [5, 5.41) is 16.5. The zero-order valence-corrected chi connectivity index (χ0v) is 24.9. The van der Waals surface area contributed by atoms with Gasteiger partial charge in [-0.15, -0.1) is 0 Å². The van der Waals surface area contributed by atoms with Gasteiger partial charge >= 0.3 is 0 Å². The summed E-state index contributed by atoms with van der Waals surface area (Å²) in [6.45, 7) is 4.36. The summed E-state index contributed by atoms with van der Waals surface area (Å²) in [5.74, 6) is 0.320. The maximum Gasteiger partial charge on any atom is 0.173 e. The number of ketones is 1. The minimum atomic E-state index is -0.902. The molecule has 198 valence electrons.